The van der Waals surface area contributed by atoms with Crippen molar-refractivity contribution in [3.8, 4) is 5.69 Å². The number of esters is 1. The lowest BCUT2D eigenvalue weighted by Gasteiger charge is -2.08. The molecule has 20 heavy (non-hydrogen) atoms. The van der Waals surface area contributed by atoms with E-state index in [0.717, 1.165) is 17.1 Å². The van der Waals surface area contributed by atoms with Crippen LogP contribution in [-0.2, 0) is 4.74 Å². The van der Waals surface area contributed by atoms with Gasteiger partial charge in [-0.1, -0.05) is 13.8 Å². The largest absolute Gasteiger partial charge is 0.462 e. The van der Waals surface area contributed by atoms with Crippen LogP contribution in [0.25, 0.3) is 5.69 Å². The van der Waals surface area contributed by atoms with Crippen LogP contribution in [0.1, 0.15) is 35.6 Å². The summed E-state index contributed by atoms with van der Waals surface area (Å²) in [5, 5.41) is 4.42. The lowest BCUT2D eigenvalue weighted by molar-refractivity contribution is 0.0459. The average molecular weight is 272 g/mol. The maximum Gasteiger partial charge on any atom is 0.338 e. The molecule has 2 aromatic rings. The van der Waals surface area contributed by atoms with E-state index >= 15 is 0 Å². The number of carbonyl (C=O) groups is 1. The van der Waals surface area contributed by atoms with Gasteiger partial charge in [0.25, 0.3) is 0 Å². The summed E-state index contributed by atoms with van der Waals surface area (Å²) >= 11 is 0. The first kappa shape index (κ1) is 14.3. The first-order valence-corrected chi connectivity index (χ1v) is 6.78. The van der Waals surface area contributed by atoms with E-state index in [9.17, 15) is 4.79 Å². The summed E-state index contributed by atoms with van der Waals surface area (Å²) in [4.78, 5) is 11.8. The van der Waals surface area contributed by atoms with Gasteiger partial charge in [-0.05, 0) is 50.1 Å². The molecule has 0 aliphatic rings. The minimum Gasteiger partial charge on any atom is -0.462 e. The number of ether oxygens (including phenoxy) is 1. The third-order valence-corrected chi connectivity index (χ3v) is 2.90. The molecule has 0 aliphatic heterocycles. The third kappa shape index (κ3) is 3.26. The molecule has 4 nitrogen and oxygen atoms in total. The van der Waals surface area contributed by atoms with Gasteiger partial charge < -0.3 is 4.74 Å². The number of aromatic nitrogens is 2. The normalized spacial score (nSPS) is 10.8. The molecule has 0 N–H and O–H groups in total. The zero-order chi connectivity index (χ0) is 14.7. The van der Waals surface area contributed by atoms with E-state index in [0.29, 0.717) is 18.1 Å². The Kier molecular flexibility index (Phi) is 4.23. The highest BCUT2D eigenvalue weighted by atomic mass is 16.5. The number of rotatable bonds is 4. The van der Waals surface area contributed by atoms with Gasteiger partial charge >= 0.3 is 5.97 Å². The second kappa shape index (κ2) is 5.90. The molecule has 0 spiro atoms. The van der Waals surface area contributed by atoms with Crippen molar-refractivity contribution in [2.24, 2.45) is 5.92 Å². The van der Waals surface area contributed by atoms with Crippen molar-refractivity contribution in [2.45, 2.75) is 27.7 Å². The Balaban J connectivity index is 2.14. The number of hydrogen-bond donors (Lipinski definition) is 0. The van der Waals surface area contributed by atoms with Crippen LogP contribution < -0.4 is 0 Å². The highest BCUT2D eigenvalue weighted by Crippen LogP contribution is 2.13. The summed E-state index contributed by atoms with van der Waals surface area (Å²) in [6.07, 6.45) is 0. The molecule has 0 unspecified atom stereocenters. The van der Waals surface area contributed by atoms with Crippen LogP contribution in [0.5, 0.6) is 0 Å². The first-order valence-electron chi connectivity index (χ1n) is 6.78. The number of nitrogens with zero attached hydrogens (tertiary/aromatic N) is 2. The van der Waals surface area contributed by atoms with Crippen LogP contribution in [-0.4, -0.2) is 22.4 Å². The Morgan fingerprint density at radius 3 is 2.40 bits per heavy atom. The van der Waals surface area contributed by atoms with E-state index in [1.807, 2.05) is 50.6 Å². The van der Waals surface area contributed by atoms with Gasteiger partial charge in [0.05, 0.1) is 23.6 Å². The zero-order valence-corrected chi connectivity index (χ0v) is 12.4. The fourth-order valence-electron chi connectivity index (χ4n) is 1.95. The van der Waals surface area contributed by atoms with Gasteiger partial charge in [0, 0.05) is 5.69 Å². The maximum absolute atomic E-state index is 11.8. The second-order valence-electron chi connectivity index (χ2n) is 5.38. The van der Waals surface area contributed by atoms with Crippen LogP contribution in [0, 0.1) is 19.8 Å². The minimum absolute atomic E-state index is 0.279. The van der Waals surface area contributed by atoms with Crippen LogP contribution in [0.2, 0.25) is 0 Å². The summed E-state index contributed by atoms with van der Waals surface area (Å²) in [6.45, 7) is 8.43. The lowest BCUT2D eigenvalue weighted by Crippen LogP contribution is -2.10. The molecule has 4 heteroatoms. The molecule has 1 aromatic carbocycles. The van der Waals surface area contributed by atoms with E-state index < -0.39 is 0 Å². The molecular weight excluding hydrogens is 252 g/mol. The average Bonchev–Trinajstić information content (AvgIpc) is 2.75. The molecule has 0 saturated heterocycles. The smallest absolute Gasteiger partial charge is 0.338 e. The van der Waals surface area contributed by atoms with Crippen molar-refractivity contribution >= 4 is 5.97 Å². The van der Waals surface area contributed by atoms with E-state index in [1.54, 1.807) is 12.1 Å². The van der Waals surface area contributed by atoms with Gasteiger partial charge in [0.15, 0.2) is 0 Å². The molecular formula is C16H20N2O2. The monoisotopic (exact) mass is 272 g/mol. The summed E-state index contributed by atoms with van der Waals surface area (Å²) in [5.74, 6) is 0.0616. The molecule has 1 aromatic heterocycles. The van der Waals surface area contributed by atoms with Crippen molar-refractivity contribution in [3.05, 3.63) is 47.3 Å². The standard InChI is InChI=1S/C16H20N2O2/c1-11(2)10-20-16(19)14-5-7-15(8-6-14)18-13(4)9-12(3)17-18/h5-9,11H,10H2,1-4H3. The summed E-state index contributed by atoms with van der Waals surface area (Å²) in [7, 11) is 0. The van der Waals surface area contributed by atoms with E-state index in [2.05, 4.69) is 5.10 Å². The zero-order valence-electron chi connectivity index (χ0n) is 12.4. The van der Waals surface area contributed by atoms with E-state index in [4.69, 9.17) is 4.74 Å². The van der Waals surface area contributed by atoms with Crippen molar-refractivity contribution in [1.82, 2.24) is 9.78 Å². The molecule has 0 aliphatic carbocycles. The van der Waals surface area contributed by atoms with Crippen molar-refractivity contribution in [3.63, 3.8) is 0 Å². The molecule has 0 radical (unpaired) electrons. The number of hydrogen-bond acceptors (Lipinski definition) is 3. The number of carbonyl (C=O) groups excluding carboxylic acids is 1. The summed E-state index contributed by atoms with van der Waals surface area (Å²) < 4.78 is 7.06. The van der Waals surface area contributed by atoms with Gasteiger partial charge in [0.1, 0.15) is 0 Å². The van der Waals surface area contributed by atoms with Crippen LogP contribution >= 0.6 is 0 Å². The highest BCUT2D eigenvalue weighted by Gasteiger charge is 2.09. The molecule has 0 bridgehead atoms. The Hall–Kier alpha value is -2.10. The van der Waals surface area contributed by atoms with Gasteiger partial charge in [-0.25, -0.2) is 9.48 Å². The molecule has 0 fully saturated rings. The van der Waals surface area contributed by atoms with Gasteiger partial charge in [-0.15, -0.1) is 0 Å². The second-order valence-corrected chi connectivity index (χ2v) is 5.38. The SMILES string of the molecule is Cc1cc(C)n(-c2ccc(C(=O)OCC(C)C)cc2)n1. The fourth-order valence-corrected chi connectivity index (χ4v) is 1.95. The van der Waals surface area contributed by atoms with Gasteiger partial charge in [0.2, 0.25) is 0 Å². The lowest BCUT2D eigenvalue weighted by atomic mass is 10.2. The van der Waals surface area contributed by atoms with Crippen LogP contribution in [0.15, 0.2) is 30.3 Å². The molecule has 0 saturated carbocycles. The Bertz CT molecular complexity index is 597. The fraction of sp³-hybridized carbons (Fsp3) is 0.375. The van der Waals surface area contributed by atoms with Crippen molar-refractivity contribution in [2.75, 3.05) is 6.61 Å². The Morgan fingerprint density at radius 2 is 1.90 bits per heavy atom. The third-order valence-electron chi connectivity index (χ3n) is 2.90. The number of aryl methyl sites for hydroxylation is 2. The first-order chi connectivity index (χ1) is 9.47. The molecule has 1 heterocycles. The molecule has 0 amide bonds. The van der Waals surface area contributed by atoms with E-state index in [-0.39, 0.29) is 5.97 Å². The van der Waals surface area contributed by atoms with Crippen molar-refractivity contribution in [1.29, 1.82) is 0 Å². The quantitative estimate of drug-likeness (QED) is 0.802. The maximum atomic E-state index is 11.8. The Morgan fingerprint density at radius 1 is 1.25 bits per heavy atom. The molecule has 106 valence electrons. The Labute approximate surface area is 119 Å². The molecule has 2 rings (SSSR count). The minimum atomic E-state index is -0.279. The topological polar surface area (TPSA) is 44.1 Å². The van der Waals surface area contributed by atoms with Gasteiger partial charge in [-0.2, -0.15) is 5.10 Å². The van der Waals surface area contributed by atoms with Crippen LogP contribution in [0.3, 0.4) is 0 Å². The highest BCUT2D eigenvalue weighted by molar-refractivity contribution is 5.89. The molecule has 0 atom stereocenters. The van der Waals surface area contributed by atoms with E-state index in [1.165, 1.54) is 0 Å². The summed E-state index contributed by atoms with van der Waals surface area (Å²) in [6, 6.07) is 9.32. The number of benzene rings is 1. The predicted molar refractivity (Wildman–Crippen MR) is 78.2 cm³/mol. The summed E-state index contributed by atoms with van der Waals surface area (Å²) in [5.41, 5.74) is 3.55. The van der Waals surface area contributed by atoms with Gasteiger partial charge in [-0.3, -0.25) is 0 Å². The van der Waals surface area contributed by atoms with Crippen molar-refractivity contribution < 1.29 is 9.53 Å². The van der Waals surface area contributed by atoms with Crippen LogP contribution in [0.4, 0.5) is 0 Å². The predicted octanol–water partition coefficient (Wildman–Crippen LogP) is 3.30.